The largest absolute Gasteiger partial charge is 0.395 e. The number of aliphatic hydroxyl groups excluding tert-OH is 1. The molecule has 1 aromatic carbocycles. The van der Waals surface area contributed by atoms with Gasteiger partial charge in [0.05, 0.1) is 16.9 Å². The molecule has 3 aromatic rings. The fourth-order valence-electron chi connectivity index (χ4n) is 2.38. The Labute approximate surface area is 143 Å². The molecule has 0 fully saturated rings. The van der Waals surface area contributed by atoms with Crippen LogP contribution in [0.4, 0.5) is 5.82 Å². The quantitative estimate of drug-likeness (QED) is 0.545. The molecular weight excluding hydrogens is 324 g/mol. The Morgan fingerprint density at radius 2 is 2.08 bits per heavy atom. The van der Waals surface area contributed by atoms with Crippen molar-refractivity contribution < 1.29 is 9.90 Å². The van der Waals surface area contributed by atoms with Gasteiger partial charge in [-0.2, -0.15) is 0 Å². The summed E-state index contributed by atoms with van der Waals surface area (Å²) in [6, 6.07) is 11.5. The van der Waals surface area contributed by atoms with Crippen LogP contribution >= 0.6 is 11.3 Å². The molecule has 0 saturated heterocycles. The van der Waals surface area contributed by atoms with E-state index in [1.165, 1.54) is 17.5 Å². The van der Waals surface area contributed by atoms with Gasteiger partial charge < -0.3 is 21.9 Å². The third-order valence-corrected chi connectivity index (χ3v) is 4.86. The van der Waals surface area contributed by atoms with Crippen LogP contribution in [0.1, 0.15) is 10.4 Å². The highest BCUT2D eigenvalue weighted by Gasteiger charge is 2.16. The lowest BCUT2D eigenvalue weighted by Crippen LogP contribution is -2.32. The SMILES string of the molecule is NC(=O)c1cnc(NC[C@H](N)CO)c2cc(-c3ccccc3)sc12. The number of thiophene rings is 1. The molecule has 0 spiro atoms. The first-order chi connectivity index (χ1) is 11.6. The first kappa shape index (κ1) is 16.4. The summed E-state index contributed by atoms with van der Waals surface area (Å²) in [5.41, 5.74) is 12.7. The zero-order valence-electron chi connectivity index (χ0n) is 12.9. The van der Waals surface area contributed by atoms with Gasteiger partial charge in [0.2, 0.25) is 0 Å². The van der Waals surface area contributed by atoms with Crippen LogP contribution in [0.3, 0.4) is 0 Å². The molecule has 0 saturated carbocycles. The second-order valence-corrected chi connectivity index (χ2v) is 6.48. The maximum absolute atomic E-state index is 11.7. The lowest BCUT2D eigenvalue weighted by Gasteiger charge is -2.11. The van der Waals surface area contributed by atoms with Gasteiger partial charge in [0, 0.05) is 29.0 Å². The summed E-state index contributed by atoms with van der Waals surface area (Å²) in [5, 5.41) is 13.0. The van der Waals surface area contributed by atoms with Crippen molar-refractivity contribution in [3.8, 4) is 10.4 Å². The normalized spacial score (nSPS) is 12.2. The van der Waals surface area contributed by atoms with E-state index >= 15 is 0 Å². The van der Waals surface area contributed by atoms with Crippen LogP contribution in [0.25, 0.3) is 20.5 Å². The number of fused-ring (bicyclic) bond motifs is 1. The van der Waals surface area contributed by atoms with Crippen molar-refractivity contribution in [1.29, 1.82) is 0 Å². The van der Waals surface area contributed by atoms with Crippen LogP contribution in [0.2, 0.25) is 0 Å². The third-order valence-electron chi connectivity index (χ3n) is 3.64. The average Bonchev–Trinajstić information content (AvgIpc) is 3.05. The number of nitrogens with zero attached hydrogens (tertiary/aromatic N) is 1. The highest BCUT2D eigenvalue weighted by Crippen LogP contribution is 2.37. The van der Waals surface area contributed by atoms with E-state index in [2.05, 4.69) is 10.3 Å². The van der Waals surface area contributed by atoms with Gasteiger partial charge >= 0.3 is 0 Å². The number of rotatable bonds is 6. The van der Waals surface area contributed by atoms with Crippen LogP contribution in [0.15, 0.2) is 42.6 Å². The monoisotopic (exact) mass is 342 g/mol. The fraction of sp³-hybridized carbons (Fsp3) is 0.176. The van der Waals surface area contributed by atoms with Crippen molar-refractivity contribution in [3.05, 3.63) is 48.2 Å². The van der Waals surface area contributed by atoms with Gasteiger partial charge in [-0.1, -0.05) is 30.3 Å². The predicted octanol–water partition coefficient (Wildman–Crippen LogP) is 1.79. The molecule has 1 amide bonds. The molecule has 1 atom stereocenters. The Balaban J connectivity index is 2.08. The van der Waals surface area contributed by atoms with Crippen molar-refractivity contribution >= 4 is 33.1 Å². The molecule has 0 aliphatic heterocycles. The van der Waals surface area contributed by atoms with Gasteiger partial charge in [-0.15, -0.1) is 11.3 Å². The minimum Gasteiger partial charge on any atom is -0.395 e. The average molecular weight is 342 g/mol. The summed E-state index contributed by atoms with van der Waals surface area (Å²) in [5.74, 6) is 0.116. The number of hydrogen-bond acceptors (Lipinski definition) is 6. The minimum absolute atomic E-state index is 0.117. The molecule has 6 N–H and O–H groups in total. The first-order valence-corrected chi connectivity index (χ1v) is 8.30. The lowest BCUT2D eigenvalue weighted by atomic mass is 10.1. The zero-order valence-corrected chi connectivity index (χ0v) is 13.7. The molecule has 2 heterocycles. The molecule has 2 aromatic heterocycles. The van der Waals surface area contributed by atoms with Gasteiger partial charge in [0.15, 0.2) is 0 Å². The van der Waals surface area contributed by atoms with Gasteiger partial charge in [0.25, 0.3) is 5.91 Å². The summed E-state index contributed by atoms with van der Waals surface area (Å²) in [7, 11) is 0. The van der Waals surface area contributed by atoms with Gasteiger partial charge in [0.1, 0.15) is 5.82 Å². The number of primary amides is 1. The lowest BCUT2D eigenvalue weighted by molar-refractivity contribution is 0.100. The number of pyridine rings is 1. The molecule has 3 rings (SSSR count). The number of hydrogen-bond donors (Lipinski definition) is 4. The van der Waals surface area contributed by atoms with Crippen molar-refractivity contribution in [3.63, 3.8) is 0 Å². The zero-order chi connectivity index (χ0) is 17.1. The van der Waals surface area contributed by atoms with E-state index in [4.69, 9.17) is 16.6 Å². The predicted molar refractivity (Wildman–Crippen MR) is 97.1 cm³/mol. The molecule has 7 heteroatoms. The highest BCUT2D eigenvalue weighted by atomic mass is 32.1. The Hall–Kier alpha value is -2.48. The Morgan fingerprint density at radius 3 is 2.75 bits per heavy atom. The number of nitrogens with two attached hydrogens (primary N) is 2. The number of aliphatic hydroxyl groups is 1. The van der Waals surface area contributed by atoms with Crippen molar-refractivity contribution in [2.45, 2.75) is 6.04 Å². The van der Waals surface area contributed by atoms with Crippen LogP contribution in [0.5, 0.6) is 0 Å². The fourth-order valence-corrected chi connectivity index (χ4v) is 3.56. The smallest absolute Gasteiger partial charge is 0.251 e. The molecule has 0 unspecified atom stereocenters. The number of carbonyl (C=O) groups excluding carboxylic acids is 1. The number of benzene rings is 1. The van der Waals surface area contributed by atoms with Gasteiger partial charge in [-0.05, 0) is 11.6 Å². The van der Waals surface area contributed by atoms with E-state index in [9.17, 15) is 4.79 Å². The van der Waals surface area contributed by atoms with Crippen LogP contribution in [0, 0.1) is 0 Å². The molecule has 6 nitrogen and oxygen atoms in total. The Kier molecular flexibility index (Phi) is 4.75. The van der Waals surface area contributed by atoms with Crippen molar-refractivity contribution in [1.82, 2.24) is 4.98 Å². The summed E-state index contributed by atoms with van der Waals surface area (Å²) in [6.45, 7) is 0.263. The van der Waals surface area contributed by atoms with Crippen LogP contribution in [-0.4, -0.2) is 35.2 Å². The number of amides is 1. The van der Waals surface area contributed by atoms with E-state index in [0.717, 1.165) is 20.5 Å². The molecule has 0 aliphatic rings. The van der Waals surface area contributed by atoms with E-state index in [-0.39, 0.29) is 12.6 Å². The number of carbonyl (C=O) groups is 1. The molecule has 0 aliphatic carbocycles. The highest BCUT2D eigenvalue weighted by molar-refractivity contribution is 7.22. The van der Waals surface area contributed by atoms with Gasteiger partial charge in [-0.3, -0.25) is 4.79 Å². The van der Waals surface area contributed by atoms with Gasteiger partial charge in [-0.25, -0.2) is 4.98 Å². The number of nitrogens with one attached hydrogen (secondary N) is 1. The van der Waals surface area contributed by atoms with Crippen LogP contribution in [-0.2, 0) is 0 Å². The molecule has 0 radical (unpaired) electrons. The maximum Gasteiger partial charge on any atom is 0.251 e. The molecule has 0 bridgehead atoms. The minimum atomic E-state index is -0.507. The van der Waals surface area contributed by atoms with E-state index < -0.39 is 5.91 Å². The van der Waals surface area contributed by atoms with E-state index in [0.29, 0.717) is 17.9 Å². The maximum atomic E-state index is 11.7. The topological polar surface area (TPSA) is 114 Å². The summed E-state index contributed by atoms with van der Waals surface area (Å²) < 4.78 is 0.788. The summed E-state index contributed by atoms with van der Waals surface area (Å²) in [6.07, 6.45) is 1.47. The first-order valence-electron chi connectivity index (χ1n) is 7.48. The molecule has 24 heavy (non-hydrogen) atoms. The van der Waals surface area contributed by atoms with Crippen molar-refractivity contribution in [2.24, 2.45) is 11.5 Å². The molecular formula is C17H18N4O2S. The Bertz CT molecular complexity index is 864. The summed E-state index contributed by atoms with van der Waals surface area (Å²) in [4.78, 5) is 17.0. The second kappa shape index (κ2) is 6.96. The number of aromatic nitrogens is 1. The van der Waals surface area contributed by atoms with Crippen LogP contribution < -0.4 is 16.8 Å². The van der Waals surface area contributed by atoms with Crippen molar-refractivity contribution in [2.75, 3.05) is 18.5 Å². The number of anilines is 1. The summed E-state index contributed by atoms with van der Waals surface area (Å²) >= 11 is 1.50. The second-order valence-electron chi connectivity index (χ2n) is 5.43. The third kappa shape index (κ3) is 3.23. The Morgan fingerprint density at radius 1 is 1.33 bits per heavy atom. The standard InChI is InChI=1S/C17H18N4O2S/c18-11(9-22)7-20-17-12-6-14(10-4-2-1-3-5-10)24-15(12)13(8-21-17)16(19)23/h1-6,8,11,22H,7,9,18H2,(H2,19,23)(H,20,21)/t11-/m0/s1. The molecule has 124 valence electrons. The van der Waals surface area contributed by atoms with E-state index in [1.807, 2.05) is 36.4 Å². The van der Waals surface area contributed by atoms with E-state index in [1.54, 1.807) is 0 Å².